The van der Waals surface area contributed by atoms with Crippen LogP contribution in [0.15, 0.2) is 36.7 Å². The standard InChI is InChI=1S/C9H13N.C7H6F3N.C2H6/c1-7(2)9-6-8(3)4-5-10-9;1-5-2-3-11-6(4-5)7(8,9)10;1-2/h4-7H,1-3H3;2-4H,1H3;1-2H3. The Hall–Kier alpha value is -1.91. The van der Waals surface area contributed by atoms with Gasteiger partial charge in [-0.2, -0.15) is 13.2 Å². The van der Waals surface area contributed by atoms with Gasteiger partial charge >= 0.3 is 6.18 Å². The smallest absolute Gasteiger partial charge is 0.261 e. The lowest BCUT2D eigenvalue weighted by Gasteiger charge is -2.04. The highest BCUT2D eigenvalue weighted by molar-refractivity contribution is 5.17. The van der Waals surface area contributed by atoms with Crippen molar-refractivity contribution in [1.82, 2.24) is 9.97 Å². The first kappa shape index (κ1) is 21.1. The largest absolute Gasteiger partial charge is 0.433 e. The minimum Gasteiger partial charge on any atom is -0.261 e. The van der Waals surface area contributed by atoms with E-state index in [0.717, 1.165) is 12.3 Å². The fourth-order valence-corrected chi connectivity index (χ4v) is 1.57. The van der Waals surface area contributed by atoms with Gasteiger partial charge in [0.15, 0.2) is 0 Å². The molecule has 2 nitrogen and oxygen atoms in total. The summed E-state index contributed by atoms with van der Waals surface area (Å²) in [6, 6.07) is 6.69. The Morgan fingerprint density at radius 2 is 1.35 bits per heavy atom. The van der Waals surface area contributed by atoms with E-state index in [1.54, 1.807) is 6.92 Å². The summed E-state index contributed by atoms with van der Waals surface area (Å²) >= 11 is 0. The average Bonchev–Trinajstić information content (AvgIpc) is 2.49. The predicted molar refractivity (Wildman–Crippen MR) is 88.4 cm³/mol. The predicted octanol–water partition coefficient (Wildman–Crippen LogP) is 5.95. The van der Waals surface area contributed by atoms with E-state index in [1.165, 1.54) is 17.3 Å². The molecule has 0 radical (unpaired) electrons. The molecule has 0 saturated carbocycles. The van der Waals surface area contributed by atoms with E-state index in [0.29, 0.717) is 11.5 Å². The van der Waals surface area contributed by atoms with E-state index >= 15 is 0 Å². The van der Waals surface area contributed by atoms with Crippen LogP contribution in [0.1, 0.15) is 56.1 Å². The Bertz CT molecular complexity index is 578. The Morgan fingerprint density at radius 3 is 1.65 bits per heavy atom. The van der Waals surface area contributed by atoms with E-state index in [-0.39, 0.29) is 0 Å². The fraction of sp³-hybridized carbons (Fsp3) is 0.444. The zero-order valence-corrected chi connectivity index (χ0v) is 14.6. The van der Waals surface area contributed by atoms with Crippen LogP contribution in [0.5, 0.6) is 0 Å². The van der Waals surface area contributed by atoms with E-state index < -0.39 is 11.9 Å². The molecule has 0 aliphatic carbocycles. The zero-order valence-electron chi connectivity index (χ0n) is 14.6. The normalized spacial score (nSPS) is 10.3. The topological polar surface area (TPSA) is 25.8 Å². The summed E-state index contributed by atoms with van der Waals surface area (Å²) in [5.41, 5.74) is 2.20. The zero-order chi connectivity index (χ0) is 18.0. The molecule has 23 heavy (non-hydrogen) atoms. The first-order chi connectivity index (χ1) is 10.7. The van der Waals surface area contributed by atoms with Crippen LogP contribution in [-0.2, 0) is 6.18 Å². The molecule has 0 aliphatic rings. The third kappa shape index (κ3) is 8.33. The number of hydrogen-bond donors (Lipinski definition) is 0. The van der Waals surface area contributed by atoms with Crippen LogP contribution >= 0.6 is 0 Å². The molecule has 0 amide bonds. The molecule has 0 saturated heterocycles. The molecule has 0 aliphatic heterocycles. The molecule has 2 heterocycles. The van der Waals surface area contributed by atoms with Crippen molar-refractivity contribution in [2.45, 2.75) is 53.6 Å². The Morgan fingerprint density at radius 1 is 0.870 bits per heavy atom. The SMILES string of the molecule is CC.Cc1ccnc(C(C)C)c1.Cc1ccnc(C(F)(F)F)c1. The molecule has 0 atom stereocenters. The first-order valence-corrected chi connectivity index (χ1v) is 7.62. The van der Waals surface area contributed by atoms with Crippen LogP contribution < -0.4 is 0 Å². The van der Waals surface area contributed by atoms with Gasteiger partial charge in [-0.15, -0.1) is 0 Å². The molecular weight excluding hydrogens is 301 g/mol. The highest BCUT2D eigenvalue weighted by Crippen LogP contribution is 2.27. The molecule has 5 heteroatoms. The summed E-state index contributed by atoms with van der Waals surface area (Å²) < 4.78 is 35.7. The van der Waals surface area contributed by atoms with Gasteiger partial charge < -0.3 is 0 Å². The van der Waals surface area contributed by atoms with Crippen molar-refractivity contribution in [3.8, 4) is 0 Å². The molecule has 0 unspecified atom stereocenters. The minimum absolute atomic E-state index is 0.542. The first-order valence-electron chi connectivity index (χ1n) is 7.62. The number of nitrogens with zero attached hydrogens (tertiary/aromatic N) is 2. The van der Waals surface area contributed by atoms with Crippen molar-refractivity contribution in [2.75, 3.05) is 0 Å². The van der Waals surface area contributed by atoms with Crippen LogP contribution in [0, 0.1) is 13.8 Å². The number of hydrogen-bond acceptors (Lipinski definition) is 2. The average molecular weight is 326 g/mol. The van der Waals surface area contributed by atoms with Crippen molar-refractivity contribution in [3.63, 3.8) is 0 Å². The monoisotopic (exact) mass is 326 g/mol. The minimum atomic E-state index is -4.33. The van der Waals surface area contributed by atoms with Gasteiger partial charge in [0.1, 0.15) is 5.69 Å². The van der Waals surface area contributed by atoms with Gasteiger partial charge in [-0.05, 0) is 55.2 Å². The summed E-state index contributed by atoms with van der Waals surface area (Å²) in [4.78, 5) is 7.42. The second kappa shape index (κ2) is 9.98. The molecule has 2 aromatic heterocycles. The van der Waals surface area contributed by atoms with Crippen LogP contribution in [0.3, 0.4) is 0 Å². The van der Waals surface area contributed by atoms with E-state index in [9.17, 15) is 13.2 Å². The summed E-state index contributed by atoms with van der Waals surface area (Å²) in [6.45, 7) is 12.0. The van der Waals surface area contributed by atoms with Gasteiger partial charge in [0.2, 0.25) is 0 Å². The number of rotatable bonds is 1. The third-order valence-corrected chi connectivity index (χ3v) is 2.73. The summed E-state index contributed by atoms with van der Waals surface area (Å²) in [6.07, 6.45) is -1.31. The van der Waals surface area contributed by atoms with Gasteiger partial charge in [-0.3, -0.25) is 9.97 Å². The Kier molecular flexibility index (Phi) is 9.15. The van der Waals surface area contributed by atoms with Crippen LogP contribution in [0.2, 0.25) is 0 Å². The van der Waals surface area contributed by atoms with Crippen molar-refractivity contribution in [2.24, 2.45) is 0 Å². The maximum Gasteiger partial charge on any atom is 0.433 e. The molecule has 2 rings (SSSR count). The van der Waals surface area contributed by atoms with Crippen LogP contribution in [0.25, 0.3) is 0 Å². The van der Waals surface area contributed by atoms with E-state index in [1.807, 2.05) is 26.1 Å². The molecule has 0 aromatic carbocycles. The van der Waals surface area contributed by atoms with E-state index in [2.05, 4.69) is 36.8 Å². The van der Waals surface area contributed by atoms with Crippen molar-refractivity contribution < 1.29 is 13.2 Å². The Labute approximate surface area is 136 Å². The van der Waals surface area contributed by atoms with Crippen molar-refractivity contribution in [3.05, 3.63) is 59.2 Å². The molecule has 0 bridgehead atoms. The van der Waals surface area contributed by atoms with E-state index in [4.69, 9.17) is 0 Å². The van der Waals surface area contributed by atoms with Crippen LogP contribution in [0.4, 0.5) is 13.2 Å². The quantitative estimate of drug-likeness (QED) is 0.647. The lowest BCUT2D eigenvalue weighted by Crippen LogP contribution is -2.07. The third-order valence-electron chi connectivity index (χ3n) is 2.73. The lowest BCUT2D eigenvalue weighted by atomic mass is 10.1. The maximum absolute atomic E-state index is 11.9. The van der Waals surface area contributed by atoms with Crippen molar-refractivity contribution >= 4 is 0 Å². The van der Waals surface area contributed by atoms with Gasteiger partial charge in [0.25, 0.3) is 0 Å². The Balaban J connectivity index is 0.000000381. The second-order valence-electron chi connectivity index (χ2n) is 5.13. The van der Waals surface area contributed by atoms with Crippen LogP contribution in [-0.4, -0.2) is 9.97 Å². The second-order valence-corrected chi connectivity index (χ2v) is 5.13. The number of alkyl halides is 3. The summed E-state index contributed by atoms with van der Waals surface area (Å²) in [7, 11) is 0. The fourth-order valence-electron chi connectivity index (χ4n) is 1.57. The van der Waals surface area contributed by atoms with Gasteiger partial charge in [-0.1, -0.05) is 27.7 Å². The molecular formula is C18H25F3N2. The highest BCUT2D eigenvalue weighted by atomic mass is 19.4. The molecule has 0 fully saturated rings. The van der Waals surface area contributed by atoms with Crippen molar-refractivity contribution in [1.29, 1.82) is 0 Å². The number of halogens is 3. The van der Waals surface area contributed by atoms with Gasteiger partial charge in [0, 0.05) is 18.1 Å². The molecule has 0 N–H and O–H groups in total. The van der Waals surface area contributed by atoms with Gasteiger partial charge in [0.05, 0.1) is 0 Å². The number of pyridine rings is 2. The lowest BCUT2D eigenvalue weighted by molar-refractivity contribution is -0.141. The molecule has 2 aromatic rings. The maximum atomic E-state index is 11.9. The molecule has 0 spiro atoms. The summed E-state index contributed by atoms with van der Waals surface area (Å²) in [5, 5.41) is 0. The van der Waals surface area contributed by atoms with Gasteiger partial charge in [-0.25, -0.2) is 0 Å². The summed E-state index contributed by atoms with van der Waals surface area (Å²) in [5.74, 6) is 0.542. The molecule has 128 valence electrons. The number of aryl methyl sites for hydroxylation is 2. The number of aromatic nitrogens is 2. The highest BCUT2D eigenvalue weighted by Gasteiger charge is 2.31.